The molecule has 1 heterocycles. The molecule has 3 aromatic carbocycles. The lowest BCUT2D eigenvalue weighted by Crippen LogP contribution is -2.40. The quantitative estimate of drug-likeness (QED) is 0.361. The van der Waals surface area contributed by atoms with E-state index >= 15 is 0 Å². The van der Waals surface area contributed by atoms with Gasteiger partial charge in [-0.3, -0.25) is 4.79 Å². The second-order valence-corrected chi connectivity index (χ2v) is 9.77. The normalized spacial score (nSPS) is 14.7. The lowest BCUT2D eigenvalue weighted by Gasteiger charge is -2.35. The third-order valence-electron chi connectivity index (χ3n) is 7.41. The Balaban J connectivity index is 1.33. The van der Waals surface area contributed by atoms with E-state index in [0.717, 1.165) is 52.1 Å². The van der Waals surface area contributed by atoms with Gasteiger partial charge in [-0.05, 0) is 49.2 Å². The van der Waals surface area contributed by atoms with E-state index in [2.05, 4.69) is 89.6 Å². The van der Waals surface area contributed by atoms with Gasteiger partial charge < -0.3 is 19.9 Å². The van der Waals surface area contributed by atoms with E-state index in [4.69, 9.17) is 4.74 Å². The fourth-order valence-corrected chi connectivity index (χ4v) is 5.14. The number of likely N-dealkylation sites (N-methyl/N-ethyl adjacent to an activating group) is 1. The van der Waals surface area contributed by atoms with Crippen molar-refractivity contribution in [1.29, 1.82) is 0 Å². The molecule has 0 radical (unpaired) electrons. The summed E-state index contributed by atoms with van der Waals surface area (Å²) in [5.41, 5.74) is 3.33. The number of hydrogen-bond donors (Lipinski definition) is 1. The molecular formula is C32H41N3O2. The van der Waals surface area contributed by atoms with E-state index in [1.165, 1.54) is 11.1 Å². The molecule has 1 N–H and O–H groups in total. The van der Waals surface area contributed by atoms with Crippen molar-refractivity contribution in [2.75, 3.05) is 45.8 Å². The highest BCUT2D eigenvalue weighted by atomic mass is 16.5. The number of benzene rings is 3. The second kappa shape index (κ2) is 14.0. The molecule has 37 heavy (non-hydrogen) atoms. The summed E-state index contributed by atoms with van der Waals surface area (Å²) in [7, 11) is 0. The van der Waals surface area contributed by atoms with Gasteiger partial charge in [0.05, 0.1) is 5.56 Å². The van der Waals surface area contributed by atoms with Gasteiger partial charge in [0.1, 0.15) is 11.9 Å². The number of hydrogen-bond acceptors (Lipinski definition) is 4. The van der Waals surface area contributed by atoms with Crippen molar-refractivity contribution in [2.24, 2.45) is 0 Å². The lowest BCUT2D eigenvalue weighted by atomic mass is 9.90. The van der Waals surface area contributed by atoms with Gasteiger partial charge in [0.25, 0.3) is 5.91 Å². The van der Waals surface area contributed by atoms with Gasteiger partial charge in [0, 0.05) is 38.6 Å². The molecule has 0 unspecified atom stereocenters. The highest BCUT2D eigenvalue weighted by Crippen LogP contribution is 2.28. The Morgan fingerprint density at radius 1 is 0.892 bits per heavy atom. The molecule has 1 aliphatic heterocycles. The number of carbonyl (C=O) groups excluding carboxylic acids is 1. The van der Waals surface area contributed by atoms with Crippen molar-refractivity contribution in [3.8, 4) is 5.75 Å². The number of ether oxygens (including phenoxy) is 1. The standard InChI is InChI=1S/C32H41N3O2/c1-3-34(4-2)24-21-33-32(36)29-17-11-12-18-31(29)37-28-19-22-35(23-20-28)25-30(26-13-7-5-8-14-26)27-15-9-6-10-16-27/h5-18,28,30H,3-4,19-25H2,1-2H3,(H,33,36). The van der Waals surface area contributed by atoms with Crippen LogP contribution in [0.3, 0.4) is 0 Å². The third kappa shape index (κ3) is 7.67. The number of piperidine rings is 1. The lowest BCUT2D eigenvalue weighted by molar-refractivity contribution is 0.0897. The first-order chi connectivity index (χ1) is 18.2. The first-order valence-electron chi connectivity index (χ1n) is 13.8. The summed E-state index contributed by atoms with van der Waals surface area (Å²) in [6.45, 7) is 10.7. The van der Waals surface area contributed by atoms with Crippen LogP contribution in [0.25, 0.3) is 0 Å². The summed E-state index contributed by atoms with van der Waals surface area (Å²) < 4.78 is 6.40. The zero-order chi connectivity index (χ0) is 25.9. The van der Waals surface area contributed by atoms with Crippen LogP contribution in [0.5, 0.6) is 5.75 Å². The van der Waals surface area contributed by atoms with Crippen LogP contribution in [0.15, 0.2) is 84.9 Å². The van der Waals surface area contributed by atoms with Crippen molar-refractivity contribution in [2.45, 2.75) is 38.7 Å². The summed E-state index contributed by atoms with van der Waals surface area (Å²) in [6, 6.07) is 29.2. The Bertz CT molecular complexity index is 1040. The molecule has 0 atom stereocenters. The molecule has 0 aromatic heterocycles. The number of nitrogens with one attached hydrogen (secondary N) is 1. The highest BCUT2D eigenvalue weighted by molar-refractivity contribution is 5.96. The number of nitrogens with zero attached hydrogens (tertiary/aromatic N) is 2. The summed E-state index contributed by atoms with van der Waals surface area (Å²) in [5.74, 6) is 0.974. The Morgan fingerprint density at radius 2 is 1.46 bits per heavy atom. The summed E-state index contributed by atoms with van der Waals surface area (Å²) in [4.78, 5) is 17.7. The average molecular weight is 500 g/mol. The fourth-order valence-electron chi connectivity index (χ4n) is 5.14. The van der Waals surface area contributed by atoms with Crippen LogP contribution in [0.4, 0.5) is 0 Å². The first-order valence-corrected chi connectivity index (χ1v) is 13.8. The Hall–Kier alpha value is -3.15. The molecule has 3 aromatic rings. The first kappa shape index (κ1) is 26.9. The van der Waals surface area contributed by atoms with Crippen LogP contribution in [0, 0.1) is 0 Å². The maximum Gasteiger partial charge on any atom is 0.255 e. The highest BCUT2D eigenvalue weighted by Gasteiger charge is 2.25. The SMILES string of the molecule is CCN(CC)CCNC(=O)c1ccccc1OC1CCN(CC(c2ccccc2)c2ccccc2)CC1. The van der Waals surface area contributed by atoms with Crippen LogP contribution in [0.1, 0.15) is 54.1 Å². The summed E-state index contributed by atoms with van der Waals surface area (Å²) in [6.07, 6.45) is 2.02. The smallest absolute Gasteiger partial charge is 0.255 e. The van der Waals surface area contributed by atoms with Crippen molar-refractivity contribution in [1.82, 2.24) is 15.1 Å². The predicted molar refractivity (Wildman–Crippen MR) is 151 cm³/mol. The Labute approximate surface area is 222 Å². The minimum atomic E-state index is -0.0613. The molecule has 1 amide bonds. The van der Waals surface area contributed by atoms with Gasteiger partial charge >= 0.3 is 0 Å². The van der Waals surface area contributed by atoms with Crippen molar-refractivity contribution in [3.05, 3.63) is 102 Å². The van der Waals surface area contributed by atoms with Crippen LogP contribution < -0.4 is 10.1 Å². The third-order valence-corrected chi connectivity index (χ3v) is 7.41. The Kier molecular flexibility index (Phi) is 10.2. The maximum atomic E-state index is 12.9. The second-order valence-electron chi connectivity index (χ2n) is 9.77. The summed E-state index contributed by atoms with van der Waals surface area (Å²) >= 11 is 0. The fraction of sp³-hybridized carbons (Fsp3) is 0.406. The number of carbonyl (C=O) groups is 1. The molecule has 5 nitrogen and oxygen atoms in total. The molecule has 1 fully saturated rings. The maximum absolute atomic E-state index is 12.9. The van der Waals surface area contributed by atoms with Gasteiger partial charge in [-0.25, -0.2) is 0 Å². The van der Waals surface area contributed by atoms with Crippen LogP contribution in [-0.2, 0) is 0 Å². The van der Waals surface area contributed by atoms with Gasteiger partial charge in [0.2, 0.25) is 0 Å². The van der Waals surface area contributed by atoms with E-state index in [1.54, 1.807) is 0 Å². The minimum Gasteiger partial charge on any atom is -0.489 e. The zero-order valence-electron chi connectivity index (χ0n) is 22.3. The van der Waals surface area contributed by atoms with E-state index in [1.807, 2.05) is 24.3 Å². The molecule has 0 bridgehead atoms. The van der Waals surface area contributed by atoms with E-state index in [-0.39, 0.29) is 12.0 Å². The summed E-state index contributed by atoms with van der Waals surface area (Å²) in [5, 5.41) is 3.07. The topological polar surface area (TPSA) is 44.8 Å². The molecule has 0 spiro atoms. The largest absolute Gasteiger partial charge is 0.489 e. The number of amides is 1. The number of rotatable bonds is 12. The Morgan fingerprint density at radius 3 is 2.05 bits per heavy atom. The van der Waals surface area contributed by atoms with Crippen molar-refractivity contribution >= 4 is 5.91 Å². The molecule has 1 aliphatic rings. The number of likely N-dealkylation sites (tertiary alicyclic amines) is 1. The van der Waals surface area contributed by atoms with Crippen LogP contribution >= 0.6 is 0 Å². The van der Waals surface area contributed by atoms with Crippen LogP contribution in [-0.4, -0.2) is 67.6 Å². The zero-order valence-corrected chi connectivity index (χ0v) is 22.3. The van der Waals surface area contributed by atoms with Gasteiger partial charge in [-0.1, -0.05) is 86.6 Å². The van der Waals surface area contributed by atoms with E-state index in [9.17, 15) is 4.79 Å². The minimum absolute atomic E-state index is 0.0613. The van der Waals surface area contributed by atoms with Gasteiger partial charge in [-0.15, -0.1) is 0 Å². The van der Waals surface area contributed by atoms with Crippen molar-refractivity contribution < 1.29 is 9.53 Å². The monoisotopic (exact) mass is 499 g/mol. The average Bonchev–Trinajstić information content (AvgIpc) is 2.96. The van der Waals surface area contributed by atoms with E-state index < -0.39 is 0 Å². The van der Waals surface area contributed by atoms with Gasteiger partial charge in [-0.2, -0.15) is 0 Å². The molecular weight excluding hydrogens is 458 g/mol. The molecule has 0 saturated carbocycles. The van der Waals surface area contributed by atoms with E-state index in [0.29, 0.717) is 23.8 Å². The molecule has 4 rings (SSSR count). The molecule has 1 saturated heterocycles. The number of para-hydroxylation sites is 1. The van der Waals surface area contributed by atoms with Gasteiger partial charge in [0.15, 0.2) is 0 Å². The van der Waals surface area contributed by atoms with Crippen molar-refractivity contribution in [3.63, 3.8) is 0 Å². The molecule has 196 valence electrons. The molecule has 0 aliphatic carbocycles. The molecule has 5 heteroatoms. The predicted octanol–water partition coefficient (Wildman–Crippen LogP) is 5.43. The van der Waals surface area contributed by atoms with Crippen LogP contribution in [0.2, 0.25) is 0 Å².